The number of sulfonamides is 1. The number of benzene rings is 1. The fourth-order valence-electron chi connectivity index (χ4n) is 2.94. The molecule has 0 amide bonds. The lowest BCUT2D eigenvalue weighted by atomic mass is 10.2. The Morgan fingerprint density at radius 3 is 2.67 bits per heavy atom. The summed E-state index contributed by atoms with van der Waals surface area (Å²) in [7, 11) is -3.96. The smallest absolute Gasteiger partial charge is 0.275 e. The first kappa shape index (κ1) is 19.5. The number of aromatic nitrogens is 1. The van der Waals surface area contributed by atoms with E-state index in [-0.39, 0.29) is 27.7 Å². The Morgan fingerprint density at radius 1 is 1.30 bits per heavy atom. The van der Waals surface area contributed by atoms with Gasteiger partial charge in [-0.25, -0.2) is 18.1 Å². The van der Waals surface area contributed by atoms with Gasteiger partial charge in [0.2, 0.25) is 10.0 Å². The number of pyridine rings is 1. The molecule has 1 saturated heterocycles. The number of nitrogens with one attached hydrogen (secondary N) is 1. The van der Waals surface area contributed by atoms with E-state index in [0.717, 1.165) is 43.4 Å². The van der Waals surface area contributed by atoms with Crippen molar-refractivity contribution in [1.82, 2.24) is 9.71 Å². The lowest BCUT2D eigenvalue weighted by molar-refractivity contribution is -0.385. The number of hydrogen-bond donors (Lipinski definition) is 1. The van der Waals surface area contributed by atoms with E-state index in [1.807, 2.05) is 6.07 Å². The maximum atomic E-state index is 12.6. The van der Waals surface area contributed by atoms with Gasteiger partial charge in [0.1, 0.15) is 5.82 Å². The number of nitro groups is 1. The average Bonchev–Trinajstić information content (AvgIpc) is 3.17. The molecule has 1 N–H and O–H groups in total. The van der Waals surface area contributed by atoms with Gasteiger partial charge in [0, 0.05) is 37.5 Å². The van der Waals surface area contributed by atoms with Crippen molar-refractivity contribution in [2.75, 3.05) is 18.0 Å². The second kappa shape index (κ2) is 7.79. The van der Waals surface area contributed by atoms with Crippen LogP contribution >= 0.6 is 11.6 Å². The Labute approximate surface area is 162 Å². The van der Waals surface area contributed by atoms with Crippen molar-refractivity contribution in [1.29, 1.82) is 0 Å². The Kier molecular flexibility index (Phi) is 5.64. The molecular weight excluding hydrogens is 392 g/mol. The number of hydrogen-bond acceptors (Lipinski definition) is 6. The molecule has 144 valence electrons. The van der Waals surface area contributed by atoms with Crippen LogP contribution in [0.25, 0.3) is 0 Å². The molecule has 1 aliphatic heterocycles. The summed E-state index contributed by atoms with van der Waals surface area (Å²) in [5, 5.41) is 11.1. The van der Waals surface area contributed by atoms with E-state index in [1.54, 1.807) is 12.3 Å². The first-order valence-corrected chi connectivity index (χ1v) is 10.3. The zero-order valence-electron chi connectivity index (χ0n) is 14.7. The van der Waals surface area contributed by atoms with Gasteiger partial charge in [-0.05, 0) is 43.5 Å². The molecule has 0 saturated carbocycles. The standard InChI is InChI=1S/C17H19ClN4O4S/c1-12-15(18)9-14(10-16(12)22(23)24)27(25,26)20-11-13-4-5-19-17(8-13)21-6-2-3-7-21/h4-5,8-10,20H,2-3,6-7,11H2,1H3. The number of halogens is 1. The van der Waals surface area contributed by atoms with E-state index in [2.05, 4.69) is 14.6 Å². The van der Waals surface area contributed by atoms with E-state index in [9.17, 15) is 18.5 Å². The Morgan fingerprint density at radius 2 is 2.00 bits per heavy atom. The summed E-state index contributed by atoms with van der Waals surface area (Å²) in [6.45, 7) is 3.40. The molecule has 2 aromatic rings. The molecule has 8 nitrogen and oxygen atoms in total. The summed E-state index contributed by atoms with van der Waals surface area (Å²) in [5.74, 6) is 0.818. The van der Waals surface area contributed by atoms with Crippen molar-refractivity contribution in [2.45, 2.75) is 31.2 Å². The molecule has 0 spiro atoms. The summed E-state index contributed by atoms with van der Waals surface area (Å²) in [6.07, 6.45) is 3.88. The Bertz CT molecular complexity index is 975. The molecule has 3 rings (SSSR count). The van der Waals surface area contributed by atoms with Gasteiger partial charge in [-0.2, -0.15) is 0 Å². The first-order valence-electron chi connectivity index (χ1n) is 8.42. The fraction of sp³-hybridized carbons (Fsp3) is 0.353. The van der Waals surface area contributed by atoms with Crippen LogP contribution in [-0.4, -0.2) is 31.4 Å². The third-order valence-electron chi connectivity index (χ3n) is 4.50. The highest BCUT2D eigenvalue weighted by molar-refractivity contribution is 7.89. The summed E-state index contributed by atoms with van der Waals surface area (Å²) >= 11 is 5.97. The number of rotatable bonds is 6. The zero-order valence-corrected chi connectivity index (χ0v) is 16.3. The molecule has 0 bridgehead atoms. The minimum atomic E-state index is -3.96. The monoisotopic (exact) mass is 410 g/mol. The molecule has 0 unspecified atom stereocenters. The van der Waals surface area contributed by atoms with Crippen molar-refractivity contribution < 1.29 is 13.3 Å². The largest absolute Gasteiger partial charge is 0.357 e. The third-order valence-corrected chi connectivity index (χ3v) is 6.28. The van der Waals surface area contributed by atoms with Gasteiger partial charge < -0.3 is 4.90 Å². The minimum absolute atomic E-state index is 0.0322. The van der Waals surface area contributed by atoms with Crippen LogP contribution in [0.2, 0.25) is 5.02 Å². The summed E-state index contributed by atoms with van der Waals surface area (Å²) in [4.78, 5) is 16.7. The van der Waals surface area contributed by atoms with E-state index < -0.39 is 14.9 Å². The predicted octanol–water partition coefficient (Wildman–Crippen LogP) is 3.03. The predicted molar refractivity (Wildman–Crippen MR) is 103 cm³/mol. The normalized spacial score (nSPS) is 14.5. The third kappa shape index (κ3) is 4.37. The van der Waals surface area contributed by atoms with Crippen LogP contribution in [0.5, 0.6) is 0 Å². The molecule has 10 heteroatoms. The van der Waals surface area contributed by atoms with Crippen LogP contribution in [0.15, 0.2) is 35.4 Å². The number of nitro benzene ring substituents is 1. The molecule has 2 heterocycles. The van der Waals surface area contributed by atoms with Gasteiger partial charge in [-0.3, -0.25) is 10.1 Å². The van der Waals surface area contributed by atoms with Crippen LogP contribution in [0.3, 0.4) is 0 Å². The molecule has 1 aromatic carbocycles. The minimum Gasteiger partial charge on any atom is -0.357 e. The van der Waals surface area contributed by atoms with Gasteiger partial charge in [0.15, 0.2) is 0 Å². The molecular formula is C17H19ClN4O4S. The van der Waals surface area contributed by atoms with Crippen molar-refractivity contribution in [3.8, 4) is 0 Å². The first-order chi connectivity index (χ1) is 12.8. The summed E-state index contributed by atoms with van der Waals surface area (Å²) in [5.41, 5.74) is 0.649. The van der Waals surface area contributed by atoms with E-state index in [4.69, 9.17) is 11.6 Å². The van der Waals surface area contributed by atoms with Gasteiger partial charge >= 0.3 is 0 Å². The molecule has 1 aliphatic rings. The van der Waals surface area contributed by atoms with Crippen molar-refractivity contribution >= 4 is 33.1 Å². The highest BCUT2D eigenvalue weighted by Gasteiger charge is 2.22. The molecule has 1 fully saturated rings. The maximum Gasteiger partial charge on any atom is 0.275 e. The van der Waals surface area contributed by atoms with Gasteiger partial charge in [0.25, 0.3) is 5.69 Å². The molecule has 0 aliphatic carbocycles. The highest BCUT2D eigenvalue weighted by atomic mass is 35.5. The lowest BCUT2D eigenvalue weighted by Crippen LogP contribution is -2.24. The van der Waals surface area contributed by atoms with Gasteiger partial charge in [-0.15, -0.1) is 0 Å². The SMILES string of the molecule is Cc1c(Cl)cc(S(=O)(=O)NCc2ccnc(N3CCCC3)c2)cc1[N+](=O)[O-]. The van der Waals surface area contributed by atoms with E-state index in [0.29, 0.717) is 0 Å². The van der Waals surface area contributed by atoms with Crippen molar-refractivity contribution in [2.24, 2.45) is 0 Å². The molecule has 0 radical (unpaired) electrons. The fourth-order valence-corrected chi connectivity index (χ4v) is 4.28. The van der Waals surface area contributed by atoms with E-state index >= 15 is 0 Å². The molecule has 27 heavy (non-hydrogen) atoms. The molecule has 1 aromatic heterocycles. The van der Waals surface area contributed by atoms with Crippen molar-refractivity contribution in [3.05, 3.63) is 56.7 Å². The highest BCUT2D eigenvalue weighted by Crippen LogP contribution is 2.29. The van der Waals surface area contributed by atoms with Gasteiger partial charge in [-0.1, -0.05) is 11.6 Å². The average molecular weight is 411 g/mol. The summed E-state index contributed by atoms with van der Waals surface area (Å²) < 4.78 is 27.6. The number of nitrogens with zero attached hydrogens (tertiary/aromatic N) is 3. The zero-order chi connectivity index (χ0) is 19.6. The quantitative estimate of drug-likeness (QED) is 0.579. The Balaban J connectivity index is 1.79. The topological polar surface area (TPSA) is 105 Å². The number of anilines is 1. The van der Waals surface area contributed by atoms with Gasteiger partial charge in [0.05, 0.1) is 14.8 Å². The lowest BCUT2D eigenvalue weighted by Gasteiger charge is -2.17. The van der Waals surface area contributed by atoms with Crippen LogP contribution in [-0.2, 0) is 16.6 Å². The van der Waals surface area contributed by atoms with Crippen LogP contribution in [0.4, 0.5) is 11.5 Å². The summed E-state index contributed by atoms with van der Waals surface area (Å²) in [6, 6.07) is 5.81. The second-order valence-electron chi connectivity index (χ2n) is 6.35. The van der Waals surface area contributed by atoms with E-state index in [1.165, 1.54) is 13.0 Å². The van der Waals surface area contributed by atoms with Crippen LogP contribution < -0.4 is 9.62 Å². The van der Waals surface area contributed by atoms with Crippen LogP contribution in [0, 0.1) is 17.0 Å². The van der Waals surface area contributed by atoms with Crippen molar-refractivity contribution in [3.63, 3.8) is 0 Å². The van der Waals surface area contributed by atoms with Crippen LogP contribution in [0.1, 0.15) is 24.0 Å². The second-order valence-corrected chi connectivity index (χ2v) is 8.52. The maximum absolute atomic E-state index is 12.6. The Hall–Kier alpha value is -2.23. The molecule has 0 atom stereocenters.